The highest BCUT2D eigenvalue weighted by Gasteiger charge is 2.27. The van der Waals surface area contributed by atoms with Gasteiger partial charge < -0.3 is 15.4 Å². The van der Waals surface area contributed by atoms with Gasteiger partial charge in [0, 0.05) is 6.04 Å². The second kappa shape index (κ2) is 7.14. The Morgan fingerprint density at radius 3 is 2.10 bits per heavy atom. The lowest BCUT2D eigenvalue weighted by Gasteiger charge is -2.32. The summed E-state index contributed by atoms with van der Waals surface area (Å²) >= 11 is 0. The van der Waals surface area contributed by atoms with Crippen LogP contribution in [0.15, 0.2) is 0 Å². The highest BCUT2D eigenvalue weighted by Crippen LogP contribution is 2.28. The molecule has 0 saturated heterocycles. The number of nitrogens with one attached hydrogen (secondary N) is 2. The number of rotatable bonds is 3. The summed E-state index contributed by atoms with van der Waals surface area (Å²) in [7, 11) is 0. The maximum Gasteiger partial charge on any atom is 0.408 e. The van der Waals surface area contributed by atoms with Crippen LogP contribution in [0.4, 0.5) is 4.79 Å². The molecule has 1 fully saturated rings. The van der Waals surface area contributed by atoms with Crippen LogP contribution < -0.4 is 10.6 Å². The molecule has 5 nitrogen and oxygen atoms in total. The molecule has 1 saturated carbocycles. The number of ether oxygens (including phenoxy) is 1. The van der Waals surface area contributed by atoms with Crippen LogP contribution in [-0.4, -0.2) is 29.7 Å². The van der Waals surface area contributed by atoms with Crippen LogP contribution in [0, 0.1) is 11.8 Å². The number of hydrogen-bond acceptors (Lipinski definition) is 3. The minimum absolute atomic E-state index is 0.146. The molecule has 1 aliphatic rings. The van der Waals surface area contributed by atoms with Gasteiger partial charge in [-0.3, -0.25) is 4.79 Å². The molecule has 0 aromatic heterocycles. The van der Waals surface area contributed by atoms with E-state index in [0.29, 0.717) is 11.8 Å². The standard InChI is InChI=1S/C16H30N2O3/c1-10-7-11(2)9-13(8-10)18-14(19)12(3)17-15(20)21-16(4,5)6/h10-13H,7-9H2,1-6H3,(H,17,20)(H,18,19). The zero-order valence-corrected chi connectivity index (χ0v) is 14.2. The van der Waals surface area contributed by atoms with Crippen molar-refractivity contribution in [2.75, 3.05) is 0 Å². The van der Waals surface area contributed by atoms with Crippen molar-refractivity contribution in [3.05, 3.63) is 0 Å². The molecule has 21 heavy (non-hydrogen) atoms. The second-order valence-corrected chi connectivity index (χ2v) is 7.49. The third-order valence-corrected chi connectivity index (χ3v) is 3.65. The first kappa shape index (κ1) is 17.8. The van der Waals surface area contributed by atoms with Crippen molar-refractivity contribution in [3.63, 3.8) is 0 Å². The Kier molecular flexibility index (Phi) is 6.05. The van der Waals surface area contributed by atoms with E-state index in [0.717, 1.165) is 12.8 Å². The highest BCUT2D eigenvalue weighted by molar-refractivity contribution is 5.85. The lowest BCUT2D eigenvalue weighted by atomic mass is 9.80. The molecule has 1 rings (SSSR count). The molecule has 122 valence electrons. The summed E-state index contributed by atoms with van der Waals surface area (Å²) in [5.74, 6) is 1.12. The molecule has 0 aromatic carbocycles. The third kappa shape index (κ3) is 6.82. The fraction of sp³-hybridized carbons (Fsp3) is 0.875. The first-order chi connectivity index (χ1) is 9.56. The van der Waals surface area contributed by atoms with Crippen molar-refractivity contribution < 1.29 is 14.3 Å². The minimum atomic E-state index is -0.590. The Morgan fingerprint density at radius 1 is 1.10 bits per heavy atom. The van der Waals surface area contributed by atoms with Crippen LogP contribution >= 0.6 is 0 Å². The van der Waals surface area contributed by atoms with Gasteiger partial charge in [0.25, 0.3) is 0 Å². The van der Waals surface area contributed by atoms with Crippen molar-refractivity contribution in [1.29, 1.82) is 0 Å². The lowest BCUT2D eigenvalue weighted by molar-refractivity contribution is -0.123. The Morgan fingerprint density at radius 2 is 1.62 bits per heavy atom. The summed E-state index contributed by atoms with van der Waals surface area (Å²) in [5, 5.41) is 5.61. The molecular weight excluding hydrogens is 268 g/mol. The van der Waals surface area contributed by atoms with E-state index in [4.69, 9.17) is 4.74 Å². The first-order valence-corrected chi connectivity index (χ1v) is 7.86. The summed E-state index contributed by atoms with van der Waals surface area (Å²) in [6.45, 7) is 11.5. The number of hydrogen-bond donors (Lipinski definition) is 2. The van der Waals surface area contributed by atoms with Gasteiger partial charge in [-0.05, 0) is 58.8 Å². The van der Waals surface area contributed by atoms with Crippen molar-refractivity contribution >= 4 is 12.0 Å². The zero-order valence-electron chi connectivity index (χ0n) is 14.2. The molecule has 1 aliphatic carbocycles. The molecule has 3 atom stereocenters. The fourth-order valence-corrected chi connectivity index (χ4v) is 2.94. The number of carbonyl (C=O) groups is 2. The largest absolute Gasteiger partial charge is 0.444 e. The maximum absolute atomic E-state index is 12.1. The van der Waals surface area contributed by atoms with Crippen molar-refractivity contribution in [2.45, 2.75) is 78.5 Å². The van der Waals surface area contributed by atoms with E-state index in [2.05, 4.69) is 24.5 Å². The molecule has 0 spiro atoms. The molecule has 0 bridgehead atoms. The Balaban J connectivity index is 2.42. The van der Waals surface area contributed by atoms with Crippen molar-refractivity contribution in [1.82, 2.24) is 10.6 Å². The van der Waals surface area contributed by atoms with Crippen LogP contribution in [0.5, 0.6) is 0 Å². The maximum atomic E-state index is 12.1. The molecule has 2 amide bonds. The Hall–Kier alpha value is -1.26. The number of carbonyl (C=O) groups excluding carboxylic acids is 2. The first-order valence-electron chi connectivity index (χ1n) is 7.86. The van der Waals surface area contributed by atoms with Gasteiger partial charge in [0.15, 0.2) is 0 Å². The average Bonchev–Trinajstić information content (AvgIpc) is 2.24. The Labute approximate surface area is 128 Å². The summed E-state index contributed by atoms with van der Waals surface area (Å²) in [6, 6.07) is -0.383. The van der Waals surface area contributed by atoms with Gasteiger partial charge in [-0.2, -0.15) is 0 Å². The van der Waals surface area contributed by atoms with Crippen molar-refractivity contribution in [3.8, 4) is 0 Å². The molecule has 5 heteroatoms. The summed E-state index contributed by atoms with van der Waals surface area (Å²) in [4.78, 5) is 23.8. The molecule has 2 N–H and O–H groups in total. The van der Waals surface area contributed by atoms with Gasteiger partial charge in [0.05, 0.1) is 0 Å². The predicted molar refractivity (Wildman–Crippen MR) is 82.9 cm³/mol. The van der Waals surface area contributed by atoms with Crippen LogP contribution in [-0.2, 0) is 9.53 Å². The second-order valence-electron chi connectivity index (χ2n) is 7.49. The normalized spacial score (nSPS) is 27.6. The fourth-order valence-electron chi connectivity index (χ4n) is 2.94. The highest BCUT2D eigenvalue weighted by atomic mass is 16.6. The molecule has 0 aliphatic heterocycles. The van der Waals surface area contributed by atoms with E-state index < -0.39 is 17.7 Å². The van der Waals surface area contributed by atoms with E-state index in [1.165, 1.54) is 6.42 Å². The van der Waals surface area contributed by atoms with E-state index in [1.54, 1.807) is 27.7 Å². The van der Waals surface area contributed by atoms with Gasteiger partial charge in [-0.25, -0.2) is 4.79 Å². The van der Waals surface area contributed by atoms with E-state index >= 15 is 0 Å². The average molecular weight is 298 g/mol. The van der Waals surface area contributed by atoms with Crippen LogP contribution in [0.25, 0.3) is 0 Å². The summed E-state index contributed by atoms with van der Waals surface area (Å²) in [5.41, 5.74) is -0.561. The van der Waals surface area contributed by atoms with Gasteiger partial charge >= 0.3 is 6.09 Å². The van der Waals surface area contributed by atoms with Gasteiger partial charge in [-0.15, -0.1) is 0 Å². The van der Waals surface area contributed by atoms with Gasteiger partial charge in [0.1, 0.15) is 11.6 Å². The summed E-state index contributed by atoms with van der Waals surface area (Å²) < 4.78 is 5.15. The molecule has 0 aromatic rings. The van der Waals surface area contributed by atoms with E-state index in [-0.39, 0.29) is 11.9 Å². The van der Waals surface area contributed by atoms with E-state index in [9.17, 15) is 9.59 Å². The SMILES string of the molecule is CC1CC(C)CC(NC(=O)C(C)NC(=O)OC(C)(C)C)C1. The number of amides is 2. The quantitative estimate of drug-likeness (QED) is 0.842. The van der Waals surface area contributed by atoms with Crippen LogP contribution in [0.3, 0.4) is 0 Å². The third-order valence-electron chi connectivity index (χ3n) is 3.65. The van der Waals surface area contributed by atoms with Gasteiger partial charge in [0.2, 0.25) is 5.91 Å². The van der Waals surface area contributed by atoms with Crippen LogP contribution in [0.1, 0.15) is 60.8 Å². The van der Waals surface area contributed by atoms with Gasteiger partial charge in [-0.1, -0.05) is 13.8 Å². The molecule has 0 heterocycles. The summed E-state index contributed by atoms with van der Waals surface area (Å²) in [6.07, 6.45) is 2.68. The minimum Gasteiger partial charge on any atom is -0.444 e. The Bertz CT molecular complexity index is 366. The predicted octanol–water partition coefficient (Wildman–Crippen LogP) is 2.84. The smallest absolute Gasteiger partial charge is 0.408 e. The molecular formula is C16H30N2O3. The monoisotopic (exact) mass is 298 g/mol. The molecule has 0 radical (unpaired) electrons. The topological polar surface area (TPSA) is 67.4 Å². The van der Waals surface area contributed by atoms with Crippen molar-refractivity contribution in [2.24, 2.45) is 11.8 Å². The number of alkyl carbamates (subject to hydrolysis) is 1. The van der Waals surface area contributed by atoms with E-state index in [1.807, 2.05) is 0 Å². The zero-order chi connectivity index (χ0) is 16.2. The lowest BCUT2D eigenvalue weighted by Crippen LogP contribution is -2.50. The van der Waals surface area contributed by atoms with Crippen LogP contribution in [0.2, 0.25) is 0 Å². The molecule has 3 unspecified atom stereocenters.